The Kier molecular flexibility index (Phi) is 12.7. The molecule has 3 N–H and O–H groups in total. The van der Waals surface area contributed by atoms with Crippen molar-refractivity contribution in [1.29, 1.82) is 0 Å². The molecular weight excluding hydrogens is 573 g/mol. The average Bonchev–Trinajstić information content (AvgIpc) is 2.92. The van der Waals surface area contributed by atoms with E-state index >= 15 is 0 Å². The predicted octanol–water partition coefficient (Wildman–Crippen LogP) is 4.85. The largest absolute Gasteiger partial charge is 0.490 e. The van der Waals surface area contributed by atoms with Gasteiger partial charge in [-0.3, -0.25) is 9.52 Å². The normalized spacial score (nSPS) is 13.9. The Morgan fingerprint density at radius 3 is 1.98 bits per heavy atom. The molecule has 0 unspecified atom stereocenters. The molecule has 1 saturated heterocycles. The second kappa shape index (κ2) is 15.2. The number of benzene rings is 2. The highest BCUT2D eigenvalue weighted by atomic mass is 32.2. The zero-order valence-electron chi connectivity index (χ0n) is 24.7. The fraction of sp³-hybridized carbons (Fsp3) is 0.517. The third kappa shape index (κ3) is 10.5. The van der Waals surface area contributed by atoms with Crippen molar-refractivity contribution >= 4 is 33.3 Å². The highest BCUT2D eigenvalue weighted by Crippen LogP contribution is 2.31. The maximum absolute atomic E-state index is 13.5. The van der Waals surface area contributed by atoms with Crippen molar-refractivity contribution in [2.75, 3.05) is 48.9 Å². The summed E-state index contributed by atoms with van der Waals surface area (Å²) < 4.78 is 61.1. The fourth-order valence-electron chi connectivity index (χ4n) is 4.34. The molecular formula is C29H41F3N4O5S. The lowest BCUT2D eigenvalue weighted by molar-refractivity contribution is -0.192. The van der Waals surface area contributed by atoms with Crippen LogP contribution in [0.5, 0.6) is 0 Å². The van der Waals surface area contributed by atoms with Crippen molar-refractivity contribution in [2.45, 2.75) is 52.1 Å². The Labute approximate surface area is 246 Å². The van der Waals surface area contributed by atoms with E-state index in [0.29, 0.717) is 36.2 Å². The molecule has 1 heterocycles. The first-order chi connectivity index (χ1) is 19.5. The minimum atomic E-state index is -5.08. The quantitative estimate of drug-likeness (QED) is 0.350. The van der Waals surface area contributed by atoms with Gasteiger partial charge in [0, 0.05) is 44.8 Å². The standard InChI is InChI=1S/C27H40N4O3S.C2HF3O2/c1-6-22-7-10-24(11-8-22)35(33,34)29-25-17-23(9-12-26(25)30-15-13-28-14-16-30)27(32)31(18-20(2)3)19-21(4)5;3-2(4,5)1(6)7/h7-12,17,20-21,28-29H,6,13-16,18-19H2,1-5H3;(H,6,7). The second-order valence-corrected chi connectivity index (χ2v) is 12.6. The first kappa shape index (κ1) is 34.9. The number of hydrogen-bond donors (Lipinski definition) is 3. The Bertz CT molecular complexity index is 1280. The molecule has 0 aliphatic carbocycles. The summed E-state index contributed by atoms with van der Waals surface area (Å²) in [6.45, 7) is 14.9. The summed E-state index contributed by atoms with van der Waals surface area (Å²) >= 11 is 0. The van der Waals surface area contributed by atoms with E-state index in [-0.39, 0.29) is 10.8 Å². The van der Waals surface area contributed by atoms with Crippen LogP contribution in [-0.2, 0) is 21.2 Å². The number of carboxylic acid groups (broad SMARTS) is 1. The number of carboxylic acids is 1. The second-order valence-electron chi connectivity index (χ2n) is 10.9. The van der Waals surface area contributed by atoms with Gasteiger partial charge in [-0.15, -0.1) is 0 Å². The first-order valence-corrected chi connectivity index (χ1v) is 15.3. The van der Waals surface area contributed by atoms with Gasteiger partial charge in [-0.2, -0.15) is 13.2 Å². The molecule has 0 bridgehead atoms. The molecule has 0 spiro atoms. The van der Waals surface area contributed by atoms with Gasteiger partial charge in [-0.25, -0.2) is 13.2 Å². The smallest absolute Gasteiger partial charge is 0.475 e. The zero-order valence-corrected chi connectivity index (χ0v) is 25.5. The van der Waals surface area contributed by atoms with E-state index in [9.17, 15) is 26.4 Å². The number of piperazine rings is 1. The zero-order chi connectivity index (χ0) is 31.7. The van der Waals surface area contributed by atoms with Crippen LogP contribution in [0.3, 0.4) is 0 Å². The van der Waals surface area contributed by atoms with Gasteiger partial charge in [-0.1, -0.05) is 46.8 Å². The Morgan fingerprint density at radius 2 is 1.52 bits per heavy atom. The molecule has 13 heteroatoms. The van der Waals surface area contributed by atoms with Crippen molar-refractivity contribution < 1.29 is 36.3 Å². The number of aryl methyl sites for hydroxylation is 1. The molecule has 1 fully saturated rings. The van der Waals surface area contributed by atoms with Crippen LogP contribution in [0.1, 0.15) is 50.5 Å². The summed E-state index contributed by atoms with van der Waals surface area (Å²) in [6.07, 6.45) is -4.24. The fourth-order valence-corrected chi connectivity index (χ4v) is 5.41. The molecule has 9 nitrogen and oxygen atoms in total. The van der Waals surface area contributed by atoms with Crippen LogP contribution in [0.4, 0.5) is 24.5 Å². The molecule has 42 heavy (non-hydrogen) atoms. The summed E-state index contributed by atoms with van der Waals surface area (Å²) in [6, 6.07) is 12.3. The van der Waals surface area contributed by atoms with Crippen LogP contribution in [0.25, 0.3) is 0 Å². The number of alkyl halides is 3. The molecule has 0 atom stereocenters. The van der Waals surface area contributed by atoms with E-state index in [1.165, 1.54) is 0 Å². The van der Waals surface area contributed by atoms with Crippen LogP contribution in [0.2, 0.25) is 0 Å². The molecule has 0 aromatic heterocycles. The van der Waals surface area contributed by atoms with Crippen molar-refractivity contribution in [1.82, 2.24) is 10.2 Å². The lowest BCUT2D eigenvalue weighted by Gasteiger charge is -2.32. The summed E-state index contributed by atoms with van der Waals surface area (Å²) in [5.41, 5.74) is 2.79. The maximum atomic E-state index is 13.5. The van der Waals surface area contributed by atoms with Gasteiger partial charge in [-0.05, 0) is 54.2 Å². The van der Waals surface area contributed by atoms with Gasteiger partial charge in [0.1, 0.15) is 0 Å². The summed E-state index contributed by atoms with van der Waals surface area (Å²) in [5, 5.41) is 10.5. The monoisotopic (exact) mass is 614 g/mol. The van der Waals surface area contributed by atoms with Crippen LogP contribution in [0, 0.1) is 11.8 Å². The number of aliphatic carboxylic acids is 1. The van der Waals surface area contributed by atoms with E-state index in [2.05, 4.69) is 42.6 Å². The van der Waals surface area contributed by atoms with Gasteiger partial charge in [0.25, 0.3) is 15.9 Å². The Hall–Kier alpha value is -3.32. The third-order valence-corrected chi connectivity index (χ3v) is 7.67. The number of halogens is 3. The number of amides is 1. The van der Waals surface area contributed by atoms with Crippen LogP contribution < -0.4 is 14.9 Å². The summed E-state index contributed by atoms with van der Waals surface area (Å²) in [5.74, 6) is -2.16. The van der Waals surface area contributed by atoms with Crippen molar-refractivity contribution in [2.24, 2.45) is 11.8 Å². The van der Waals surface area contributed by atoms with E-state index in [1.807, 2.05) is 36.1 Å². The number of anilines is 2. The lowest BCUT2D eigenvalue weighted by atomic mass is 10.1. The maximum Gasteiger partial charge on any atom is 0.490 e. The molecule has 1 aliphatic rings. The molecule has 2 aromatic rings. The highest BCUT2D eigenvalue weighted by Gasteiger charge is 2.38. The molecule has 0 saturated carbocycles. The minimum Gasteiger partial charge on any atom is -0.475 e. The number of nitrogens with one attached hydrogen (secondary N) is 2. The van der Waals surface area contributed by atoms with E-state index in [0.717, 1.165) is 43.9 Å². The molecule has 2 aromatic carbocycles. The van der Waals surface area contributed by atoms with Crippen LogP contribution >= 0.6 is 0 Å². The van der Waals surface area contributed by atoms with Crippen LogP contribution in [0.15, 0.2) is 47.4 Å². The van der Waals surface area contributed by atoms with Gasteiger partial charge < -0.3 is 20.2 Å². The molecule has 1 aliphatic heterocycles. The van der Waals surface area contributed by atoms with Crippen LogP contribution in [-0.4, -0.2) is 75.7 Å². The van der Waals surface area contributed by atoms with Crippen molar-refractivity contribution in [3.05, 3.63) is 53.6 Å². The minimum absolute atomic E-state index is 0.0768. The number of carbonyl (C=O) groups is 2. The highest BCUT2D eigenvalue weighted by molar-refractivity contribution is 7.92. The number of sulfonamides is 1. The van der Waals surface area contributed by atoms with E-state index in [4.69, 9.17) is 9.90 Å². The van der Waals surface area contributed by atoms with E-state index in [1.54, 1.807) is 18.2 Å². The van der Waals surface area contributed by atoms with Gasteiger partial charge in [0.2, 0.25) is 0 Å². The topological polar surface area (TPSA) is 119 Å². The predicted molar refractivity (Wildman–Crippen MR) is 157 cm³/mol. The van der Waals surface area contributed by atoms with Crippen molar-refractivity contribution in [3.63, 3.8) is 0 Å². The van der Waals surface area contributed by atoms with Gasteiger partial charge in [0.05, 0.1) is 16.3 Å². The number of carbonyl (C=O) groups excluding carboxylic acids is 1. The number of nitrogens with zero attached hydrogens (tertiary/aromatic N) is 2. The van der Waals surface area contributed by atoms with E-state index < -0.39 is 22.2 Å². The number of hydrogen-bond acceptors (Lipinski definition) is 6. The SMILES string of the molecule is CCc1ccc(S(=O)(=O)Nc2cc(C(=O)N(CC(C)C)CC(C)C)ccc2N2CCNCC2)cc1.O=C(O)C(F)(F)F. The molecule has 0 radical (unpaired) electrons. The Balaban J connectivity index is 0.000000782. The molecule has 1 amide bonds. The van der Waals surface area contributed by atoms with Gasteiger partial charge >= 0.3 is 12.1 Å². The van der Waals surface area contributed by atoms with Crippen molar-refractivity contribution in [3.8, 4) is 0 Å². The molecule has 234 valence electrons. The third-order valence-electron chi connectivity index (χ3n) is 6.29. The first-order valence-electron chi connectivity index (χ1n) is 13.9. The molecule has 3 rings (SSSR count). The summed E-state index contributed by atoms with van der Waals surface area (Å²) in [7, 11) is -3.82. The lowest BCUT2D eigenvalue weighted by Crippen LogP contribution is -2.44. The van der Waals surface area contributed by atoms with Gasteiger partial charge in [0.15, 0.2) is 0 Å². The number of rotatable bonds is 10. The summed E-state index contributed by atoms with van der Waals surface area (Å²) in [4.78, 5) is 26.6. The Morgan fingerprint density at radius 1 is 1.00 bits per heavy atom. The average molecular weight is 615 g/mol.